The van der Waals surface area contributed by atoms with Crippen molar-refractivity contribution in [3.8, 4) is 0 Å². The van der Waals surface area contributed by atoms with Crippen molar-refractivity contribution in [2.45, 2.75) is 37.9 Å². The van der Waals surface area contributed by atoms with E-state index in [-0.39, 0.29) is 0 Å². The number of hydrogen-bond acceptors (Lipinski definition) is 3. The summed E-state index contributed by atoms with van der Waals surface area (Å²) in [6.07, 6.45) is 4.78. The van der Waals surface area contributed by atoms with E-state index in [1.54, 1.807) is 0 Å². The highest BCUT2D eigenvalue weighted by Gasteiger charge is 2.19. The minimum atomic E-state index is 0.331. The molecule has 86 valence electrons. The van der Waals surface area contributed by atoms with Crippen molar-refractivity contribution in [3.05, 3.63) is 23.9 Å². The standard InChI is InChI=1S/C11H15BrN4/c1-4-9(12)7(2)10-11-15-14-8(3)16(11)6-5-13-10/h5-7,9H,4H2,1-3H3. The van der Waals surface area contributed by atoms with E-state index in [2.05, 4.69) is 45.0 Å². The Labute approximate surface area is 103 Å². The summed E-state index contributed by atoms with van der Waals surface area (Å²) in [5.41, 5.74) is 1.87. The number of alkyl halides is 1. The summed E-state index contributed by atoms with van der Waals surface area (Å²) < 4.78 is 1.98. The van der Waals surface area contributed by atoms with Crippen molar-refractivity contribution in [1.29, 1.82) is 0 Å². The second kappa shape index (κ2) is 4.49. The summed E-state index contributed by atoms with van der Waals surface area (Å²) in [6.45, 7) is 6.26. The molecule has 5 heteroatoms. The number of hydrogen-bond donors (Lipinski definition) is 0. The molecule has 0 N–H and O–H groups in total. The number of aromatic nitrogens is 4. The highest BCUT2D eigenvalue weighted by atomic mass is 79.9. The van der Waals surface area contributed by atoms with E-state index in [4.69, 9.17) is 0 Å². The topological polar surface area (TPSA) is 43.1 Å². The maximum Gasteiger partial charge on any atom is 0.182 e. The first-order chi connectivity index (χ1) is 7.65. The van der Waals surface area contributed by atoms with Gasteiger partial charge < -0.3 is 0 Å². The third-order valence-electron chi connectivity index (χ3n) is 2.89. The summed E-state index contributed by atoms with van der Waals surface area (Å²) in [6, 6.07) is 0. The Balaban J connectivity index is 2.52. The van der Waals surface area contributed by atoms with Crippen LogP contribution in [0.3, 0.4) is 0 Å². The molecule has 0 amide bonds. The Bertz CT molecular complexity index is 494. The fourth-order valence-electron chi connectivity index (χ4n) is 1.81. The predicted molar refractivity (Wildman–Crippen MR) is 66.9 cm³/mol. The molecule has 0 bridgehead atoms. The van der Waals surface area contributed by atoms with Crippen molar-refractivity contribution in [1.82, 2.24) is 19.6 Å². The average molecular weight is 283 g/mol. The molecule has 0 aliphatic rings. The van der Waals surface area contributed by atoms with E-state index in [0.717, 1.165) is 23.6 Å². The fourth-order valence-corrected chi connectivity index (χ4v) is 2.06. The number of halogens is 1. The van der Waals surface area contributed by atoms with Gasteiger partial charge in [-0.3, -0.25) is 9.38 Å². The van der Waals surface area contributed by atoms with Crippen LogP contribution in [0.15, 0.2) is 12.4 Å². The lowest BCUT2D eigenvalue weighted by Gasteiger charge is -2.16. The Morgan fingerprint density at radius 3 is 2.88 bits per heavy atom. The van der Waals surface area contributed by atoms with Gasteiger partial charge in [0.1, 0.15) is 5.82 Å². The molecular formula is C11H15BrN4. The molecule has 4 nitrogen and oxygen atoms in total. The number of aryl methyl sites for hydroxylation is 1. The van der Waals surface area contributed by atoms with Crippen LogP contribution in [0.4, 0.5) is 0 Å². The minimum absolute atomic E-state index is 0.331. The van der Waals surface area contributed by atoms with Gasteiger partial charge in [0.15, 0.2) is 5.65 Å². The number of fused-ring (bicyclic) bond motifs is 1. The van der Waals surface area contributed by atoms with Crippen molar-refractivity contribution in [3.63, 3.8) is 0 Å². The van der Waals surface area contributed by atoms with E-state index in [9.17, 15) is 0 Å². The largest absolute Gasteiger partial charge is 0.284 e. The van der Waals surface area contributed by atoms with Gasteiger partial charge in [-0.15, -0.1) is 10.2 Å². The fraction of sp³-hybridized carbons (Fsp3) is 0.545. The lowest BCUT2D eigenvalue weighted by Crippen LogP contribution is -2.11. The normalized spacial score (nSPS) is 15.2. The maximum absolute atomic E-state index is 4.44. The van der Waals surface area contributed by atoms with Crippen molar-refractivity contribution in [2.75, 3.05) is 0 Å². The summed E-state index contributed by atoms with van der Waals surface area (Å²) in [4.78, 5) is 4.86. The van der Waals surface area contributed by atoms with E-state index in [1.807, 2.05) is 23.7 Å². The van der Waals surface area contributed by atoms with Gasteiger partial charge in [0.2, 0.25) is 0 Å². The monoisotopic (exact) mass is 282 g/mol. The lowest BCUT2D eigenvalue weighted by atomic mass is 10.0. The molecule has 0 saturated heterocycles. The van der Waals surface area contributed by atoms with Gasteiger partial charge >= 0.3 is 0 Å². The number of nitrogens with zero attached hydrogens (tertiary/aromatic N) is 4. The van der Waals surface area contributed by atoms with Crippen LogP contribution in [0.2, 0.25) is 0 Å². The van der Waals surface area contributed by atoms with Gasteiger partial charge in [-0.1, -0.05) is 29.8 Å². The zero-order valence-corrected chi connectivity index (χ0v) is 11.3. The Hall–Kier alpha value is -0.970. The Morgan fingerprint density at radius 1 is 1.44 bits per heavy atom. The van der Waals surface area contributed by atoms with Gasteiger partial charge in [-0.2, -0.15) is 0 Å². The van der Waals surface area contributed by atoms with Gasteiger partial charge in [0.25, 0.3) is 0 Å². The third kappa shape index (κ3) is 1.84. The Kier molecular flexibility index (Phi) is 3.23. The quantitative estimate of drug-likeness (QED) is 0.813. The lowest BCUT2D eigenvalue weighted by molar-refractivity contribution is 0.674. The van der Waals surface area contributed by atoms with Crippen molar-refractivity contribution in [2.24, 2.45) is 0 Å². The molecule has 0 aliphatic heterocycles. The molecule has 2 heterocycles. The zero-order valence-electron chi connectivity index (χ0n) is 9.68. The van der Waals surface area contributed by atoms with Gasteiger partial charge in [0, 0.05) is 23.1 Å². The van der Waals surface area contributed by atoms with Crippen LogP contribution in [0.25, 0.3) is 5.65 Å². The molecule has 2 aromatic heterocycles. The molecule has 0 spiro atoms. The van der Waals surface area contributed by atoms with E-state index < -0.39 is 0 Å². The molecule has 2 unspecified atom stereocenters. The van der Waals surface area contributed by atoms with Crippen LogP contribution in [-0.2, 0) is 0 Å². The molecule has 0 fully saturated rings. The summed E-state index contributed by atoms with van der Waals surface area (Å²) in [5, 5.41) is 8.27. The summed E-state index contributed by atoms with van der Waals surface area (Å²) in [7, 11) is 0. The molecule has 2 rings (SSSR count). The first kappa shape index (κ1) is 11.5. The summed E-state index contributed by atoms with van der Waals surface area (Å²) in [5.74, 6) is 1.23. The third-order valence-corrected chi connectivity index (χ3v) is 4.33. The van der Waals surface area contributed by atoms with Gasteiger partial charge in [-0.25, -0.2) is 0 Å². The molecule has 0 aromatic carbocycles. The average Bonchev–Trinajstić information content (AvgIpc) is 2.69. The molecule has 2 atom stereocenters. The van der Waals surface area contributed by atoms with E-state index in [0.29, 0.717) is 10.7 Å². The zero-order chi connectivity index (χ0) is 11.7. The molecular weight excluding hydrogens is 268 g/mol. The van der Waals surface area contributed by atoms with Crippen LogP contribution < -0.4 is 0 Å². The van der Waals surface area contributed by atoms with Crippen LogP contribution in [-0.4, -0.2) is 24.4 Å². The predicted octanol–water partition coefficient (Wildman–Crippen LogP) is 2.71. The van der Waals surface area contributed by atoms with Gasteiger partial charge in [-0.05, 0) is 13.3 Å². The Morgan fingerprint density at radius 2 is 2.19 bits per heavy atom. The maximum atomic E-state index is 4.44. The van der Waals surface area contributed by atoms with Gasteiger partial charge in [0.05, 0.1) is 5.69 Å². The number of rotatable bonds is 3. The van der Waals surface area contributed by atoms with E-state index in [1.165, 1.54) is 0 Å². The SMILES string of the molecule is CCC(Br)C(C)c1nccn2c(C)nnc12. The van der Waals surface area contributed by atoms with Crippen LogP contribution in [0.1, 0.15) is 37.7 Å². The van der Waals surface area contributed by atoms with Crippen LogP contribution in [0, 0.1) is 6.92 Å². The summed E-state index contributed by atoms with van der Waals surface area (Å²) >= 11 is 3.67. The van der Waals surface area contributed by atoms with Crippen LogP contribution >= 0.6 is 15.9 Å². The molecule has 0 aliphatic carbocycles. The second-order valence-corrected chi connectivity index (χ2v) is 5.14. The minimum Gasteiger partial charge on any atom is -0.284 e. The second-order valence-electron chi connectivity index (χ2n) is 3.97. The van der Waals surface area contributed by atoms with Crippen molar-refractivity contribution < 1.29 is 0 Å². The van der Waals surface area contributed by atoms with Crippen LogP contribution in [0.5, 0.6) is 0 Å². The first-order valence-corrected chi connectivity index (χ1v) is 6.37. The highest BCUT2D eigenvalue weighted by Crippen LogP contribution is 2.27. The molecule has 0 saturated carbocycles. The smallest absolute Gasteiger partial charge is 0.182 e. The van der Waals surface area contributed by atoms with Crippen molar-refractivity contribution >= 4 is 21.6 Å². The first-order valence-electron chi connectivity index (χ1n) is 5.45. The van der Waals surface area contributed by atoms with E-state index >= 15 is 0 Å². The molecule has 0 radical (unpaired) electrons. The molecule has 2 aromatic rings. The molecule has 16 heavy (non-hydrogen) atoms. The highest BCUT2D eigenvalue weighted by molar-refractivity contribution is 9.09.